The van der Waals surface area contributed by atoms with Crippen molar-refractivity contribution in [2.45, 2.75) is 44.2 Å². The van der Waals surface area contributed by atoms with Crippen molar-refractivity contribution < 1.29 is 28.4 Å². The Morgan fingerprint density at radius 1 is 0.979 bits per heavy atom. The number of nitrogens with zero attached hydrogens (tertiary/aromatic N) is 3. The van der Waals surface area contributed by atoms with Crippen LogP contribution in [0.4, 0.5) is 5.69 Å². The van der Waals surface area contributed by atoms with Crippen LogP contribution >= 0.6 is 0 Å². The van der Waals surface area contributed by atoms with E-state index >= 15 is 0 Å². The van der Waals surface area contributed by atoms with Gasteiger partial charge in [0.1, 0.15) is 23.4 Å². The molecule has 3 N–H and O–H groups in total. The Kier molecular flexibility index (Phi) is 8.72. The second kappa shape index (κ2) is 13.4. The van der Waals surface area contributed by atoms with Gasteiger partial charge in [-0.05, 0) is 75.0 Å². The molecule has 5 heterocycles. The number of piperidine rings is 2. The first-order valence-electron chi connectivity index (χ1n) is 16.3. The number of carbonyl (C=O) groups is 5. The Labute approximate surface area is 276 Å². The summed E-state index contributed by atoms with van der Waals surface area (Å²) in [6, 6.07) is 17.1. The van der Waals surface area contributed by atoms with Gasteiger partial charge in [0.15, 0.2) is 0 Å². The summed E-state index contributed by atoms with van der Waals surface area (Å²) in [4.78, 5) is 71.2. The molecule has 0 radical (unpaired) electrons. The molecule has 2 fully saturated rings. The number of nitrogens with one attached hydrogen (secondary N) is 3. The number of rotatable bonds is 10. The minimum absolute atomic E-state index is 0.0762. The highest BCUT2D eigenvalue weighted by molar-refractivity contribution is 6.25. The second-order valence-electron chi connectivity index (χ2n) is 12.6. The number of imide groups is 2. The molecule has 12 nitrogen and oxygen atoms in total. The van der Waals surface area contributed by atoms with E-state index in [0.717, 1.165) is 53.8 Å². The van der Waals surface area contributed by atoms with Crippen molar-refractivity contribution in [3.8, 4) is 0 Å². The molecule has 3 aliphatic rings. The molecule has 3 aliphatic heterocycles. The zero-order chi connectivity index (χ0) is 33.2. The Morgan fingerprint density at radius 3 is 2.58 bits per heavy atom. The first-order chi connectivity index (χ1) is 23.4. The van der Waals surface area contributed by atoms with E-state index in [1.54, 1.807) is 30.6 Å². The lowest BCUT2D eigenvalue weighted by atomic mass is 9.93. The third kappa shape index (κ3) is 6.30. The van der Waals surface area contributed by atoms with E-state index < -0.39 is 35.7 Å². The van der Waals surface area contributed by atoms with Crippen LogP contribution in [0.15, 0.2) is 77.5 Å². The predicted octanol–water partition coefficient (Wildman–Crippen LogP) is 3.65. The molecule has 0 saturated carbocycles. The van der Waals surface area contributed by atoms with Gasteiger partial charge in [0.25, 0.3) is 11.8 Å². The van der Waals surface area contributed by atoms with E-state index in [-0.39, 0.29) is 36.4 Å². The maximum Gasteiger partial charge on any atom is 0.264 e. The molecule has 0 aliphatic carbocycles. The van der Waals surface area contributed by atoms with Crippen LogP contribution in [0.25, 0.3) is 11.0 Å². The van der Waals surface area contributed by atoms with E-state index in [1.807, 2.05) is 42.5 Å². The van der Waals surface area contributed by atoms with Crippen molar-refractivity contribution in [2.75, 3.05) is 31.5 Å². The lowest BCUT2D eigenvalue weighted by Gasteiger charge is -2.32. The standard InChI is InChI=1S/C36H36N6O6/c43-30-11-10-27(34(45)40-30)42-35(46)25-7-3-8-26(32(25)36(42)47)38-16-12-22-13-17-41(18-14-22)21-31(44)39-33(24-6-4-15-37-20-24)29-19-23-5-1-2-9-28(23)48-29/h1-9,15,19-20,22,27,33,38H,10-14,16-18,21H2,(H,39,44)(H,40,43,45). The summed E-state index contributed by atoms with van der Waals surface area (Å²) in [7, 11) is 0. The number of anilines is 1. The fourth-order valence-electron chi connectivity index (χ4n) is 6.93. The van der Waals surface area contributed by atoms with Crippen molar-refractivity contribution in [1.82, 2.24) is 25.4 Å². The summed E-state index contributed by atoms with van der Waals surface area (Å²) >= 11 is 0. The number of furan rings is 1. The van der Waals surface area contributed by atoms with E-state index in [0.29, 0.717) is 23.9 Å². The predicted molar refractivity (Wildman–Crippen MR) is 176 cm³/mol. The van der Waals surface area contributed by atoms with Crippen LogP contribution in [0.3, 0.4) is 0 Å². The number of amides is 5. The summed E-state index contributed by atoms with van der Waals surface area (Å²) in [5.41, 5.74) is 2.68. The highest BCUT2D eigenvalue weighted by Gasteiger charge is 2.45. The Bertz CT molecular complexity index is 1850. The fraction of sp³-hybridized carbons (Fsp3) is 0.333. The van der Waals surface area contributed by atoms with Gasteiger partial charge in [-0.3, -0.25) is 44.1 Å². The lowest BCUT2D eigenvalue weighted by molar-refractivity contribution is -0.136. The smallest absolute Gasteiger partial charge is 0.264 e. The Hall–Kier alpha value is -5.36. The van der Waals surface area contributed by atoms with Gasteiger partial charge in [0.05, 0.1) is 17.7 Å². The van der Waals surface area contributed by atoms with Gasteiger partial charge in [-0.25, -0.2) is 0 Å². The van der Waals surface area contributed by atoms with E-state index in [1.165, 1.54) is 0 Å². The van der Waals surface area contributed by atoms with E-state index in [4.69, 9.17) is 4.42 Å². The summed E-state index contributed by atoms with van der Waals surface area (Å²) in [5, 5.41) is 9.70. The zero-order valence-electron chi connectivity index (χ0n) is 26.3. The molecule has 2 aromatic carbocycles. The van der Waals surface area contributed by atoms with Crippen LogP contribution in [0.1, 0.15) is 70.2 Å². The summed E-state index contributed by atoms with van der Waals surface area (Å²) in [6.45, 7) is 2.45. The van der Waals surface area contributed by atoms with Crippen LogP contribution < -0.4 is 16.0 Å². The van der Waals surface area contributed by atoms with Crippen LogP contribution in [0.2, 0.25) is 0 Å². The van der Waals surface area contributed by atoms with Crippen molar-refractivity contribution in [1.29, 1.82) is 0 Å². The molecule has 12 heteroatoms. The van der Waals surface area contributed by atoms with E-state index in [9.17, 15) is 24.0 Å². The third-order valence-electron chi connectivity index (χ3n) is 9.46. The maximum absolute atomic E-state index is 13.4. The average molecular weight is 649 g/mol. The quantitative estimate of drug-likeness (QED) is 0.219. The fourth-order valence-corrected chi connectivity index (χ4v) is 6.93. The molecular formula is C36H36N6O6. The molecule has 0 spiro atoms. The lowest BCUT2D eigenvalue weighted by Crippen LogP contribution is -2.54. The minimum atomic E-state index is -0.998. The average Bonchev–Trinajstić information content (AvgIpc) is 3.63. The highest BCUT2D eigenvalue weighted by atomic mass is 16.3. The summed E-state index contributed by atoms with van der Waals surface area (Å²) < 4.78 is 6.11. The molecule has 2 atom stereocenters. The highest BCUT2D eigenvalue weighted by Crippen LogP contribution is 2.33. The number of carbonyl (C=O) groups excluding carboxylic acids is 5. The number of hydrogen-bond acceptors (Lipinski definition) is 9. The number of benzene rings is 2. The van der Waals surface area contributed by atoms with Crippen LogP contribution in [-0.4, -0.2) is 76.5 Å². The van der Waals surface area contributed by atoms with Gasteiger partial charge in [-0.2, -0.15) is 0 Å². The minimum Gasteiger partial charge on any atom is -0.459 e. The summed E-state index contributed by atoms with van der Waals surface area (Å²) in [6.07, 6.45) is 6.35. The van der Waals surface area contributed by atoms with Crippen molar-refractivity contribution in [3.63, 3.8) is 0 Å². The van der Waals surface area contributed by atoms with Gasteiger partial charge in [-0.15, -0.1) is 0 Å². The zero-order valence-corrected chi connectivity index (χ0v) is 26.3. The molecule has 246 valence electrons. The Morgan fingerprint density at radius 2 is 1.81 bits per heavy atom. The number of fused-ring (bicyclic) bond motifs is 2. The second-order valence-corrected chi connectivity index (χ2v) is 12.6. The molecule has 2 saturated heterocycles. The molecule has 4 aromatic rings. The van der Waals surface area contributed by atoms with Crippen molar-refractivity contribution >= 4 is 46.2 Å². The first kappa shape index (κ1) is 31.3. The molecule has 5 amide bonds. The molecule has 2 unspecified atom stereocenters. The first-order valence-corrected chi connectivity index (χ1v) is 16.3. The van der Waals surface area contributed by atoms with Gasteiger partial charge in [-0.1, -0.05) is 30.3 Å². The van der Waals surface area contributed by atoms with Crippen molar-refractivity contribution in [3.05, 3.63) is 95.5 Å². The molecular weight excluding hydrogens is 612 g/mol. The number of pyridine rings is 1. The Balaban J connectivity index is 0.912. The van der Waals surface area contributed by atoms with Crippen LogP contribution in [0.5, 0.6) is 0 Å². The van der Waals surface area contributed by atoms with Gasteiger partial charge < -0.3 is 15.1 Å². The SMILES string of the molecule is O=C1CCC(N2C(=O)c3cccc(NCCC4CCN(CC(=O)NC(c5cccnc5)c5cc6ccccc6o5)CC4)c3C2=O)C(=O)N1. The van der Waals surface area contributed by atoms with E-state index in [2.05, 4.69) is 25.8 Å². The number of likely N-dealkylation sites (tertiary alicyclic amines) is 1. The van der Waals surface area contributed by atoms with Crippen molar-refractivity contribution in [2.24, 2.45) is 5.92 Å². The molecule has 48 heavy (non-hydrogen) atoms. The molecule has 7 rings (SSSR count). The number of aromatic nitrogens is 1. The third-order valence-corrected chi connectivity index (χ3v) is 9.46. The maximum atomic E-state index is 13.4. The number of hydrogen-bond donors (Lipinski definition) is 3. The summed E-state index contributed by atoms with van der Waals surface area (Å²) in [5.74, 6) is -1.07. The van der Waals surface area contributed by atoms with Crippen LogP contribution in [0, 0.1) is 5.92 Å². The van der Waals surface area contributed by atoms with Gasteiger partial charge in [0, 0.05) is 42.0 Å². The van der Waals surface area contributed by atoms with Gasteiger partial charge in [0.2, 0.25) is 17.7 Å². The van der Waals surface area contributed by atoms with Crippen LogP contribution in [-0.2, 0) is 14.4 Å². The molecule has 2 aromatic heterocycles. The number of para-hydroxylation sites is 1. The molecule has 0 bridgehead atoms. The topological polar surface area (TPSA) is 154 Å². The normalized spacial score (nSPS) is 19.3. The monoisotopic (exact) mass is 648 g/mol. The van der Waals surface area contributed by atoms with Gasteiger partial charge >= 0.3 is 0 Å². The largest absolute Gasteiger partial charge is 0.459 e.